The van der Waals surface area contributed by atoms with Crippen molar-refractivity contribution in [3.05, 3.63) is 405 Å². The van der Waals surface area contributed by atoms with E-state index in [1.807, 2.05) is 114 Å². The van der Waals surface area contributed by atoms with Gasteiger partial charge in [0.1, 0.15) is 40.0 Å². The van der Waals surface area contributed by atoms with E-state index < -0.39 is 0 Å². The minimum Gasteiger partial charge on any atom is -0.456 e. The fourth-order valence-electron chi connectivity index (χ4n) is 20.1. The maximum atomic E-state index is 10.1. The number of rotatable bonds is 6. The van der Waals surface area contributed by atoms with Crippen LogP contribution in [0, 0.1) is 34.0 Å². The Bertz CT molecular complexity index is 9930. The van der Waals surface area contributed by atoms with Gasteiger partial charge < -0.3 is 8.83 Å². The smallest absolute Gasteiger partial charge is 0.236 e. The molecule has 0 saturated heterocycles. The lowest BCUT2D eigenvalue weighted by molar-refractivity contribution is 0.669. The van der Waals surface area contributed by atoms with Crippen molar-refractivity contribution in [2.24, 2.45) is 0 Å². The maximum absolute atomic E-state index is 10.1. The molecular formula is C117H64N10O2S. The summed E-state index contributed by atoms with van der Waals surface area (Å²) in [5.41, 5.74) is 20.5. The highest BCUT2D eigenvalue weighted by atomic mass is 32.1. The molecule has 600 valence electrons. The summed E-state index contributed by atoms with van der Waals surface area (Å²) in [7, 11) is 0. The van der Waals surface area contributed by atoms with Gasteiger partial charge in [0, 0.05) is 90.2 Å². The number of benzene rings is 19. The molecule has 0 spiro atoms. The molecule has 13 heteroatoms. The molecule has 9 heterocycles. The van der Waals surface area contributed by atoms with Crippen LogP contribution in [0.4, 0.5) is 0 Å². The lowest BCUT2D eigenvalue weighted by Crippen LogP contribution is -2.03. The van der Waals surface area contributed by atoms with Crippen LogP contribution in [0.2, 0.25) is 0 Å². The molecule has 12 nitrogen and oxygen atoms in total. The third-order valence-corrected chi connectivity index (χ3v) is 27.2. The van der Waals surface area contributed by atoms with Gasteiger partial charge in [0.2, 0.25) is 5.95 Å². The summed E-state index contributed by atoms with van der Waals surface area (Å²) in [6.45, 7) is 0. The monoisotopic (exact) mass is 1670 g/mol. The third kappa shape index (κ3) is 11.5. The van der Waals surface area contributed by atoms with E-state index >= 15 is 0 Å². The van der Waals surface area contributed by atoms with Gasteiger partial charge in [0.25, 0.3) is 0 Å². The molecule has 0 amide bonds. The maximum Gasteiger partial charge on any atom is 0.236 e. The Morgan fingerprint density at radius 1 is 0.223 bits per heavy atom. The minimum absolute atomic E-state index is 0.374. The van der Waals surface area contributed by atoms with Gasteiger partial charge in [-0.15, -0.1) is 11.3 Å². The zero-order chi connectivity index (χ0) is 85.9. The molecule has 0 atom stereocenters. The SMILES string of the molecule is N#Cc1cc(-n2c3ccc(-c4ccc5c(c4)oc4ccc6ccccc6c45)cc3c3c4ccccc4ccc32)nc2ccccc12.N#Cc1cc(-n2c3ccc(-c4ccc5c(c4)oc4ccccc45)cc3c3c4ccccc4ccc32)nc2ccccc12.N#Cc1nc(-n2c3ccc(-c4ccc5sc6ccccc6c5c4)cc3c3c4ccccc4ccc32)nc2ccccc12. The number of fused-ring (bicyclic) bond motifs is 29. The first kappa shape index (κ1) is 73.6. The number of aromatic nitrogens is 7. The normalized spacial score (nSPS) is 11.8. The highest BCUT2D eigenvalue weighted by molar-refractivity contribution is 7.25. The number of pyridine rings is 2. The van der Waals surface area contributed by atoms with Gasteiger partial charge >= 0.3 is 0 Å². The fraction of sp³-hybridized carbons (Fsp3) is 0. The summed E-state index contributed by atoms with van der Waals surface area (Å²) >= 11 is 1.84. The predicted molar refractivity (Wildman–Crippen MR) is 534 cm³/mol. The standard InChI is InChI=1S/C42H23N3O.C38H21N3O.C37H20N4S/c43-24-29-23-40(44-35-12-6-5-9-30(29)35)45-36-18-15-27(21-34(36)41-31-10-3-1-7-25(31)14-19-37(41)45)28-13-17-33-39(22-28)46-38-20-16-26-8-2-4-11-32(26)42(33)38;39-22-26-21-37(40-32-11-5-3-8-27(26)32)41-33-17-15-24(19-31(33)38-28-9-2-1-7-23(28)14-18-34(38)41)25-13-16-30-29-10-4-6-12-35(29)42-36(30)20-25;38-21-31-27-10-3-5-11-30(27)39-37(40-31)41-32-16-14-23(20-29(32)36-25-8-2-1-7-22(25)13-17-33(36)41)24-15-18-35-28(19-24)26-9-4-6-12-34(26)42-35/h1-23H;1-21H;1-20H. The van der Waals surface area contributed by atoms with Crippen LogP contribution in [0.5, 0.6) is 0 Å². The van der Waals surface area contributed by atoms with Gasteiger partial charge in [-0.1, -0.05) is 243 Å². The van der Waals surface area contributed by atoms with Gasteiger partial charge in [-0.25, -0.2) is 19.9 Å². The average molecular weight is 1670 g/mol. The van der Waals surface area contributed by atoms with E-state index in [4.69, 9.17) is 28.8 Å². The van der Waals surface area contributed by atoms with Crippen molar-refractivity contribution >= 4 is 217 Å². The fourth-order valence-corrected chi connectivity index (χ4v) is 21.2. The zero-order valence-electron chi connectivity index (χ0n) is 69.1. The summed E-state index contributed by atoms with van der Waals surface area (Å²) in [5.74, 6) is 1.96. The molecule has 28 aromatic rings. The molecule has 0 N–H and O–H groups in total. The quantitative estimate of drug-likeness (QED) is 0.158. The molecule has 0 bridgehead atoms. The van der Waals surface area contributed by atoms with E-state index in [1.165, 1.54) is 79.6 Å². The molecule has 0 aliphatic rings. The Balaban J connectivity index is 0.000000103. The van der Waals surface area contributed by atoms with Crippen LogP contribution in [0.15, 0.2) is 397 Å². The van der Waals surface area contributed by atoms with Gasteiger partial charge in [-0.2, -0.15) is 15.8 Å². The second-order valence-electron chi connectivity index (χ2n) is 33.2. The second-order valence-corrected chi connectivity index (χ2v) is 34.2. The van der Waals surface area contributed by atoms with Gasteiger partial charge in [0.15, 0.2) is 5.69 Å². The van der Waals surface area contributed by atoms with Crippen molar-refractivity contribution in [3.8, 4) is 69.2 Å². The third-order valence-electron chi connectivity index (χ3n) is 26.1. The van der Waals surface area contributed by atoms with Crippen molar-refractivity contribution in [1.29, 1.82) is 15.8 Å². The summed E-state index contributed by atoms with van der Waals surface area (Å²) in [6.07, 6.45) is 0. The molecule has 0 fully saturated rings. The minimum atomic E-state index is 0.374. The van der Waals surface area contributed by atoms with E-state index in [-0.39, 0.29) is 0 Å². The van der Waals surface area contributed by atoms with Gasteiger partial charge in [-0.3, -0.25) is 13.7 Å². The molecule has 19 aromatic carbocycles. The van der Waals surface area contributed by atoms with E-state index in [0.717, 1.165) is 171 Å². The van der Waals surface area contributed by atoms with Gasteiger partial charge in [0.05, 0.1) is 72.9 Å². The molecule has 28 rings (SSSR count). The molecule has 9 aromatic heterocycles. The number of hydrogen-bond donors (Lipinski definition) is 0. The molecule has 0 aliphatic heterocycles. The van der Waals surface area contributed by atoms with E-state index in [9.17, 15) is 15.8 Å². The molecule has 0 radical (unpaired) electrons. The number of nitriles is 3. The van der Waals surface area contributed by atoms with Crippen LogP contribution >= 0.6 is 11.3 Å². The lowest BCUT2D eigenvalue weighted by Gasteiger charge is -2.10. The highest BCUT2D eigenvalue weighted by Gasteiger charge is 2.25. The van der Waals surface area contributed by atoms with Crippen molar-refractivity contribution in [2.75, 3.05) is 0 Å². The lowest BCUT2D eigenvalue weighted by atomic mass is 9.98. The van der Waals surface area contributed by atoms with Crippen LogP contribution in [0.1, 0.15) is 16.8 Å². The highest BCUT2D eigenvalue weighted by Crippen LogP contribution is 2.47. The van der Waals surface area contributed by atoms with Crippen LogP contribution in [-0.2, 0) is 0 Å². The molecule has 130 heavy (non-hydrogen) atoms. The van der Waals surface area contributed by atoms with E-state index in [2.05, 4.69) is 317 Å². The predicted octanol–water partition coefficient (Wildman–Crippen LogP) is 30.8. The molecule has 0 unspecified atom stereocenters. The summed E-state index contributed by atoms with van der Waals surface area (Å²) in [4.78, 5) is 19.8. The molecule has 0 aliphatic carbocycles. The number of furan rings is 2. The van der Waals surface area contributed by atoms with E-state index in [0.29, 0.717) is 22.8 Å². The Labute approximate surface area is 743 Å². The Kier molecular flexibility index (Phi) is 16.5. The number of para-hydroxylation sites is 4. The Morgan fingerprint density at radius 3 is 1.11 bits per heavy atom. The van der Waals surface area contributed by atoms with Crippen LogP contribution < -0.4 is 0 Å². The Morgan fingerprint density at radius 2 is 0.585 bits per heavy atom. The van der Waals surface area contributed by atoms with Crippen molar-refractivity contribution < 1.29 is 8.83 Å². The number of thiophene rings is 1. The molecular weight excluding hydrogens is 1610 g/mol. The average Bonchev–Trinajstić information content (AvgIpc) is 1.57. The van der Waals surface area contributed by atoms with E-state index in [1.54, 1.807) is 0 Å². The van der Waals surface area contributed by atoms with Crippen LogP contribution in [0.3, 0.4) is 0 Å². The largest absolute Gasteiger partial charge is 0.456 e. The van der Waals surface area contributed by atoms with Crippen LogP contribution in [0.25, 0.3) is 256 Å². The van der Waals surface area contributed by atoms with Crippen LogP contribution in [-0.4, -0.2) is 33.6 Å². The van der Waals surface area contributed by atoms with Crippen molar-refractivity contribution in [2.45, 2.75) is 0 Å². The topological polar surface area (TPSA) is 164 Å². The first-order chi connectivity index (χ1) is 64.3. The summed E-state index contributed by atoms with van der Waals surface area (Å²) < 4.78 is 21.7. The first-order valence-electron chi connectivity index (χ1n) is 43.1. The van der Waals surface area contributed by atoms with Crippen molar-refractivity contribution in [1.82, 2.24) is 33.6 Å². The van der Waals surface area contributed by atoms with Crippen molar-refractivity contribution in [3.63, 3.8) is 0 Å². The first-order valence-corrected chi connectivity index (χ1v) is 43.9. The number of nitrogens with zero attached hydrogens (tertiary/aromatic N) is 10. The van der Waals surface area contributed by atoms with Gasteiger partial charge in [-0.05, 0) is 222 Å². The number of hydrogen-bond acceptors (Lipinski definition) is 10. The Hall–Kier alpha value is -17.9. The zero-order valence-corrected chi connectivity index (χ0v) is 70.0. The summed E-state index contributed by atoms with van der Waals surface area (Å²) in [5, 5.41) is 56.0. The summed E-state index contributed by atoms with van der Waals surface area (Å²) in [6, 6.07) is 142. The molecule has 0 saturated carbocycles. The second kappa shape index (κ2) is 29.1.